The van der Waals surface area contributed by atoms with E-state index in [9.17, 15) is 35.7 Å². The Morgan fingerprint density at radius 3 is 1.87 bits per heavy atom. The fraction of sp³-hybridized carbons (Fsp3) is 1.00. The van der Waals surface area contributed by atoms with Gasteiger partial charge in [-0.25, -0.2) is 0 Å². The highest BCUT2D eigenvalue weighted by molar-refractivity contribution is 5.05. The summed E-state index contributed by atoms with van der Waals surface area (Å²) in [5, 5.41) is 87.4. The minimum absolute atomic E-state index is 0.752. The summed E-state index contributed by atoms with van der Waals surface area (Å²) in [4.78, 5) is 0. The molecule has 0 bridgehead atoms. The average Bonchev–Trinajstić information content (AvgIpc) is 2.77. The van der Waals surface area contributed by atoms with E-state index in [1.165, 1.54) is 0 Å². The smallest absolute Gasteiger partial charge is 0.224 e. The summed E-state index contributed by atoms with van der Waals surface area (Å²) in [6.45, 7) is -1.51. The molecule has 0 aromatic carbocycles. The second kappa shape index (κ2) is 6.82. The highest BCUT2D eigenvalue weighted by Gasteiger charge is 2.61. The lowest BCUT2D eigenvalue weighted by molar-refractivity contribution is -0.328. The molecule has 2 rings (SSSR count). The molecule has 0 radical (unpaired) electrons. The van der Waals surface area contributed by atoms with Crippen LogP contribution in [-0.2, 0) is 9.47 Å². The lowest BCUT2D eigenvalue weighted by Gasteiger charge is -2.45. The first-order valence-electron chi connectivity index (χ1n) is 7.04. The van der Waals surface area contributed by atoms with Gasteiger partial charge >= 0.3 is 0 Å². The lowest BCUT2D eigenvalue weighted by atomic mass is 9.87. The van der Waals surface area contributed by atoms with Crippen molar-refractivity contribution in [3.63, 3.8) is 0 Å². The molecular formula is C12H22O11. The first-order chi connectivity index (χ1) is 10.7. The molecule has 11 nitrogen and oxygen atoms in total. The number of hydrogen-bond acceptors (Lipinski definition) is 11. The molecule has 2 aliphatic heterocycles. The SMILES string of the molecule is OC[C@H]1O[C@](O)(C(O)[C@@H]2O[C@H](CO)[C@@H](O)[C@H](O)[C@H]2O)[C@@H](O)[C@@H]1O. The van der Waals surface area contributed by atoms with Crippen LogP contribution >= 0.6 is 0 Å². The van der Waals surface area contributed by atoms with Gasteiger partial charge in [0.25, 0.3) is 0 Å². The Hall–Kier alpha value is -0.440. The quantitative estimate of drug-likeness (QED) is 0.235. The highest BCUT2D eigenvalue weighted by atomic mass is 16.7. The Kier molecular flexibility index (Phi) is 5.60. The van der Waals surface area contributed by atoms with E-state index in [4.69, 9.17) is 19.7 Å². The van der Waals surface area contributed by atoms with Crippen molar-refractivity contribution in [1.29, 1.82) is 0 Å². The van der Waals surface area contributed by atoms with Crippen LogP contribution in [0.25, 0.3) is 0 Å². The molecule has 136 valence electrons. The minimum Gasteiger partial charge on any atom is -0.394 e. The van der Waals surface area contributed by atoms with Crippen LogP contribution in [0.15, 0.2) is 0 Å². The molecule has 0 saturated carbocycles. The first-order valence-corrected chi connectivity index (χ1v) is 7.04. The van der Waals surface area contributed by atoms with E-state index >= 15 is 0 Å². The molecule has 23 heavy (non-hydrogen) atoms. The van der Waals surface area contributed by atoms with Crippen LogP contribution in [0, 0.1) is 0 Å². The normalized spacial score (nSPS) is 52.6. The fourth-order valence-electron chi connectivity index (χ4n) is 2.85. The van der Waals surface area contributed by atoms with E-state index in [1.807, 2.05) is 0 Å². The van der Waals surface area contributed by atoms with Gasteiger partial charge in [-0.1, -0.05) is 0 Å². The van der Waals surface area contributed by atoms with Gasteiger partial charge in [0.1, 0.15) is 54.9 Å². The van der Waals surface area contributed by atoms with Crippen LogP contribution in [0.5, 0.6) is 0 Å². The number of aliphatic hydroxyl groups excluding tert-OH is 8. The molecule has 10 atom stereocenters. The number of aliphatic hydroxyl groups is 9. The van der Waals surface area contributed by atoms with Gasteiger partial charge in [0.15, 0.2) is 0 Å². The van der Waals surface area contributed by atoms with Crippen molar-refractivity contribution in [1.82, 2.24) is 0 Å². The van der Waals surface area contributed by atoms with Crippen LogP contribution in [0.2, 0.25) is 0 Å². The Bertz CT molecular complexity index is 406. The molecule has 0 spiro atoms. The summed E-state index contributed by atoms with van der Waals surface area (Å²) >= 11 is 0. The minimum atomic E-state index is -2.81. The van der Waals surface area contributed by atoms with E-state index in [1.54, 1.807) is 0 Å². The largest absolute Gasteiger partial charge is 0.394 e. The Morgan fingerprint density at radius 1 is 0.826 bits per heavy atom. The highest BCUT2D eigenvalue weighted by Crippen LogP contribution is 2.36. The van der Waals surface area contributed by atoms with Gasteiger partial charge in [0, 0.05) is 0 Å². The zero-order valence-electron chi connectivity index (χ0n) is 12.0. The van der Waals surface area contributed by atoms with Crippen molar-refractivity contribution in [2.45, 2.75) is 60.7 Å². The lowest BCUT2D eigenvalue weighted by Crippen LogP contribution is -2.67. The van der Waals surface area contributed by atoms with Crippen LogP contribution in [0.4, 0.5) is 0 Å². The van der Waals surface area contributed by atoms with Gasteiger partial charge in [-0.15, -0.1) is 0 Å². The molecule has 0 aliphatic carbocycles. The van der Waals surface area contributed by atoms with Crippen LogP contribution in [0.1, 0.15) is 0 Å². The van der Waals surface area contributed by atoms with Gasteiger partial charge in [-0.2, -0.15) is 0 Å². The summed E-state index contributed by atoms with van der Waals surface area (Å²) in [5.74, 6) is -2.81. The first kappa shape index (κ1) is 18.9. The second-order valence-electron chi connectivity index (χ2n) is 5.76. The van der Waals surface area contributed by atoms with E-state index < -0.39 is 73.9 Å². The van der Waals surface area contributed by atoms with Gasteiger partial charge in [0.2, 0.25) is 5.79 Å². The summed E-state index contributed by atoms with van der Waals surface area (Å²) in [6, 6.07) is 0. The van der Waals surface area contributed by atoms with E-state index in [0.717, 1.165) is 0 Å². The zero-order valence-corrected chi connectivity index (χ0v) is 12.0. The molecular weight excluding hydrogens is 320 g/mol. The van der Waals surface area contributed by atoms with Gasteiger partial charge in [0.05, 0.1) is 13.2 Å². The third-order valence-corrected chi connectivity index (χ3v) is 4.31. The standard InChI is InChI=1S/C12H22O11/c13-1-3-5(15)7(17)8(18)9(22-3)11(20)12(21)10(19)6(16)4(2-14)23-12/h3-11,13-21H,1-2H2/t3-,4-,5-,6-,7+,8-,9-,10+,11?,12+/m1/s1. The molecule has 2 saturated heterocycles. The number of rotatable bonds is 4. The van der Waals surface area contributed by atoms with Crippen LogP contribution < -0.4 is 0 Å². The van der Waals surface area contributed by atoms with E-state index in [2.05, 4.69) is 0 Å². The van der Waals surface area contributed by atoms with Gasteiger partial charge < -0.3 is 55.4 Å². The third-order valence-electron chi connectivity index (χ3n) is 4.31. The molecule has 11 heteroatoms. The van der Waals surface area contributed by atoms with Crippen molar-refractivity contribution >= 4 is 0 Å². The predicted molar refractivity (Wildman–Crippen MR) is 68.7 cm³/mol. The Labute approximate surface area is 130 Å². The third kappa shape index (κ3) is 2.99. The number of hydrogen-bond donors (Lipinski definition) is 9. The van der Waals surface area contributed by atoms with Crippen molar-refractivity contribution in [2.24, 2.45) is 0 Å². The van der Waals surface area contributed by atoms with Gasteiger partial charge in [-0.05, 0) is 0 Å². The fourth-order valence-corrected chi connectivity index (χ4v) is 2.85. The van der Waals surface area contributed by atoms with Crippen molar-refractivity contribution < 1.29 is 55.4 Å². The molecule has 9 N–H and O–H groups in total. The van der Waals surface area contributed by atoms with Gasteiger partial charge in [-0.3, -0.25) is 0 Å². The van der Waals surface area contributed by atoms with Crippen molar-refractivity contribution in [3.8, 4) is 0 Å². The second-order valence-corrected chi connectivity index (χ2v) is 5.76. The van der Waals surface area contributed by atoms with Crippen LogP contribution in [-0.4, -0.2) is 120 Å². The summed E-state index contributed by atoms with van der Waals surface area (Å²) < 4.78 is 9.94. The average molecular weight is 342 g/mol. The van der Waals surface area contributed by atoms with Crippen molar-refractivity contribution in [3.05, 3.63) is 0 Å². The predicted octanol–water partition coefficient (Wildman–Crippen LogP) is -6.01. The molecule has 1 unspecified atom stereocenters. The maximum atomic E-state index is 10.3. The monoisotopic (exact) mass is 342 g/mol. The van der Waals surface area contributed by atoms with Crippen LogP contribution in [0.3, 0.4) is 0 Å². The summed E-state index contributed by atoms with van der Waals surface area (Å²) in [5.41, 5.74) is 0. The van der Waals surface area contributed by atoms with Crippen molar-refractivity contribution in [2.75, 3.05) is 13.2 Å². The number of ether oxygens (including phenoxy) is 2. The zero-order chi connectivity index (χ0) is 17.5. The molecule has 0 amide bonds. The molecule has 0 aromatic rings. The molecule has 2 fully saturated rings. The topological polar surface area (TPSA) is 201 Å². The summed E-state index contributed by atoms with van der Waals surface area (Å²) in [7, 11) is 0. The van der Waals surface area contributed by atoms with E-state index in [0.29, 0.717) is 0 Å². The molecule has 2 aliphatic rings. The Morgan fingerprint density at radius 2 is 1.39 bits per heavy atom. The summed E-state index contributed by atoms with van der Waals surface area (Å²) in [6.07, 6.45) is -15.8. The maximum Gasteiger partial charge on any atom is 0.224 e. The Balaban J connectivity index is 2.23. The molecule has 0 aromatic heterocycles. The maximum absolute atomic E-state index is 10.3. The molecule has 2 heterocycles. The van der Waals surface area contributed by atoms with E-state index in [-0.39, 0.29) is 0 Å².